The second-order valence-electron chi connectivity index (χ2n) is 9.03. The number of halogens is 2. The lowest BCUT2D eigenvalue weighted by Gasteiger charge is -2.48. The van der Waals surface area contributed by atoms with E-state index in [1.165, 1.54) is 59.5 Å². The Hall–Kier alpha value is -3.58. The molecule has 0 spiro atoms. The van der Waals surface area contributed by atoms with Crippen molar-refractivity contribution >= 4 is 22.0 Å². The number of β-lactam (4-membered cyclic amide) rings is 1. The molecule has 3 atom stereocenters. The number of hydrogen-bond acceptors (Lipinski definition) is 8. The molecular formula is C27H26F2NO8S-. The van der Waals surface area contributed by atoms with Crippen LogP contribution in [0.2, 0.25) is 0 Å². The van der Waals surface area contributed by atoms with E-state index in [-0.39, 0.29) is 49.9 Å². The topological polar surface area (TPSA) is 136 Å². The summed E-state index contributed by atoms with van der Waals surface area (Å²) >= 11 is 0. The number of nitrogens with zero attached hydrogens (tertiary/aromatic N) is 1. The molecule has 0 bridgehead atoms. The Bertz CT molecular complexity index is 1400. The molecule has 1 aliphatic rings. The summed E-state index contributed by atoms with van der Waals surface area (Å²) in [6, 6.07) is 14.7. The van der Waals surface area contributed by atoms with E-state index in [1.807, 2.05) is 0 Å². The molecule has 0 saturated carbocycles. The molecule has 39 heavy (non-hydrogen) atoms. The molecule has 1 fully saturated rings. The molecule has 2 N–H and O–H groups in total. The number of phenols is 1. The minimum atomic E-state index is -4.79. The summed E-state index contributed by atoms with van der Waals surface area (Å²) in [6.45, 7) is -0.333. The maximum Gasteiger partial charge on any atom is 0.233 e. The summed E-state index contributed by atoms with van der Waals surface area (Å²) in [7, 11) is -4.79. The first kappa shape index (κ1) is 28.4. The van der Waals surface area contributed by atoms with E-state index in [0.717, 1.165) is 0 Å². The third-order valence-corrected chi connectivity index (χ3v) is 6.89. The number of aliphatic hydroxyl groups is 1. The SMILES string of the molecule is O=C1[C@H](CC[C@H](O)c2ccc(F)cc2)[C@@H](c2ccc(OCCCOS(=O)(=O)[O-])cc2O)N1c1ccc(F)cc1. The molecule has 12 heteroatoms. The van der Waals surface area contributed by atoms with Crippen LogP contribution in [0.1, 0.15) is 42.5 Å². The number of ether oxygens (including phenoxy) is 1. The van der Waals surface area contributed by atoms with Crippen molar-refractivity contribution in [2.75, 3.05) is 18.1 Å². The van der Waals surface area contributed by atoms with Gasteiger partial charge in [0, 0.05) is 23.7 Å². The van der Waals surface area contributed by atoms with Gasteiger partial charge in [-0.3, -0.25) is 8.98 Å². The zero-order chi connectivity index (χ0) is 28.2. The third kappa shape index (κ3) is 7.09. The highest BCUT2D eigenvalue weighted by atomic mass is 32.3. The highest BCUT2D eigenvalue weighted by molar-refractivity contribution is 7.80. The molecule has 0 aromatic heterocycles. The molecule has 208 valence electrons. The highest BCUT2D eigenvalue weighted by Crippen LogP contribution is 2.49. The summed E-state index contributed by atoms with van der Waals surface area (Å²) in [5.41, 5.74) is 1.36. The van der Waals surface area contributed by atoms with Crippen LogP contribution in [0.15, 0.2) is 66.7 Å². The fourth-order valence-corrected chi connectivity index (χ4v) is 4.86. The predicted octanol–water partition coefficient (Wildman–Crippen LogP) is 4.13. The zero-order valence-corrected chi connectivity index (χ0v) is 21.4. The summed E-state index contributed by atoms with van der Waals surface area (Å²) in [6.07, 6.45) is -0.347. The van der Waals surface area contributed by atoms with Gasteiger partial charge in [0.2, 0.25) is 16.3 Å². The van der Waals surface area contributed by atoms with Crippen molar-refractivity contribution in [1.82, 2.24) is 0 Å². The van der Waals surface area contributed by atoms with Crippen molar-refractivity contribution in [2.24, 2.45) is 5.92 Å². The van der Waals surface area contributed by atoms with Gasteiger partial charge in [-0.25, -0.2) is 17.2 Å². The van der Waals surface area contributed by atoms with Gasteiger partial charge in [-0.15, -0.1) is 0 Å². The van der Waals surface area contributed by atoms with Crippen molar-refractivity contribution in [1.29, 1.82) is 0 Å². The molecule has 0 radical (unpaired) electrons. The Morgan fingerprint density at radius 1 is 0.974 bits per heavy atom. The summed E-state index contributed by atoms with van der Waals surface area (Å²) in [5, 5.41) is 21.4. The summed E-state index contributed by atoms with van der Waals surface area (Å²) < 4.78 is 67.8. The number of benzene rings is 3. The van der Waals surface area contributed by atoms with Crippen LogP contribution in [0.3, 0.4) is 0 Å². The van der Waals surface area contributed by atoms with Gasteiger partial charge in [0.1, 0.15) is 23.1 Å². The van der Waals surface area contributed by atoms with Gasteiger partial charge in [-0.05, 0) is 66.9 Å². The normalized spacial score (nSPS) is 18.1. The fourth-order valence-electron chi connectivity index (χ4n) is 4.54. The van der Waals surface area contributed by atoms with Gasteiger partial charge >= 0.3 is 0 Å². The van der Waals surface area contributed by atoms with Crippen LogP contribution in [0.4, 0.5) is 14.5 Å². The second-order valence-corrected chi connectivity index (χ2v) is 10.1. The molecule has 3 aromatic rings. The monoisotopic (exact) mass is 562 g/mol. The number of anilines is 1. The number of amides is 1. The lowest BCUT2D eigenvalue weighted by atomic mass is 9.78. The first-order valence-electron chi connectivity index (χ1n) is 12.1. The first-order valence-corrected chi connectivity index (χ1v) is 13.4. The van der Waals surface area contributed by atoms with Crippen molar-refractivity contribution in [3.8, 4) is 11.5 Å². The van der Waals surface area contributed by atoms with Crippen LogP contribution < -0.4 is 9.64 Å². The Balaban J connectivity index is 1.49. The lowest BCUT2D eigenvalue weighted by molar-refractivity contribution is -0.131. The second kappa shape index (κ2) is 12.1. The number of hydrogen-bond donors (Lipinski definition) is 2. The lowest BCUT2D eigenvalue weighted by Crippen LogP contribution is -2.55. The molecule has 3 aromatic carbocycles. The van der Waals surface area contributed by atoms with Crippen LogP contribution in [-0.4, -0.2) is 42.3 Å². The van der Waals surface area contributed by atoms with Crippen LogP contribution >= 0.6 is 0 Å². The smallest absolute Gasteiger partial charge is 0.233 e. The van der Waals surface area contributed by atoms with Crippen molar-refractivity contribution in [2.45, 2.75) is 31.4 Å². The van der Waals surface area contributed by atoms with E-state index in [4.69, 9.17) is 4.74 Å². The van der Waals surface area contributed by atoms with Gasteiger partial charge in [-0.2, -0.15) is 0 Å². The van der Waals surface area contributed by atoms with Crippen LogP contribution in [0.5, 0.6) is 11.5 Å². The Morgan fingerprint density at radius 2 is 1.62 bits per heavy atom. The predicted molar refractivity (Wildman–Crippen MR) is 135 cm³/mol. The fraction of sp³-hybridized carbons (Fsp3) is 0.296. The van der Waals surface area contributed by atoms with E-state index in [0.29, 0.717) is 16.8 Å². The number of aliphatic hydroxyl groups excluding tert-OH is 1. The van der Waals surface area contributed by atoms with E-state index in [9.17, 15) is 36.8 Å². The van der Waals surface area contributed by atoms with E-state index >= 15 is 0 Å². The van der Waals surface area contributed by atoms with Crippen molar-refractivity contribution in [3.05, 3.63) is 89.5 Å². The van der Waals surface area contributed by atoms with E-state index in [1.54, 1.807) is 12.1 Å². The average Bonchev–Trinajstić information content (AvgIpc) is 2.88. The minimum Gasteiger partial charge on any atom is -0.726 e. The highest BCUT2D eigenvalue weighted by Gasteiger charge is 2.49. The Kier molecular flexibility index (Phi) is 8.80. The van der Waals surface area contributed by atoms with Gasteiger partial charge in [0.15, 0.2) is 0 Å². The van der Waals surface area contributed by atoms with Gasteiger partial charge < -0.3 is 24.4 Å². The molecule has 0 unspecified atom stereocenters. The molecule has 1 amide bonds. The number of rotatable bonds is 12. The molecule has 1 heterocycles. The van der Waals surface area contributed by atoms with Crippen LogP contribution in [-0.2, 0) is 19.4 Å². The molecule has 1 aliphatic heterocycles. The molecule has 1 saturated heterocycles. The molecule has 9 nitrogen and oxygen atoms in total. The average molecular weight is 563 g/mol. The number of phenolic OH excluding ortho intramolecular Hbond substituents is 1. The van der Waals surface area contributed by atoms with Gasteiger partial charge in [-0.1, -0.05) is 12.1 Å². The van der Waals surface area contributed by atoms with Crippen LogP contribution in [0.25, 0.3) is 0 Å². The van der Waals surface area contributed by atoms with Crippen molar-refractivity contribution in [3.63, 3.8) is 0 Å². The van der Waals surface area contributed by atoms with Crippen LogP contribution in [0, 0.1) is 17.6 Å². The standard InChI is InChI=1S/C27H27F2NO8S/c28-18-4-2-17(3-5-18)24(31)13-12-23-26(30(27(23)33)20-8-6-19(29)7-9-20)22-11-10-21(16-25(22)32)37-14-1-15-38-39(34,35)36/h2-11,16,23-24,26,31-32H,1,12-15H2,(H,34,35,36)/p-1/t23-,24+,26-/m1/s1. The zero-order valence-electron chi connectivity index (χ0n) is 20.6. The molecule has 4 rings (SSSR count). The maximum absolute atomic E-state index is 13.5. The van der Waals surface area contributed by atoms with Crippen molar-refractivity contribution < 1.29 is 45.7 Å². The first-order chi connectivity index (χ1) is 18.5. The Labute approximate surface area is 224 Å². The van der Waals surface area contributed by atoms with Gasteiger partial charge in [0.25, 0.3) is 0 Å². The number of carbonyl (C=O) groups is 1. The van der Waals surface area contributed by atoms with E-state index < -0.39 is 40.1 Å². The largest absolute Gasteiger partial charge is 0.726 e. The third-order valence-electron chi connectivity index (χ3n) is 6.43. The molecule has 0 aliphatic carbocycles. The maximum atomic E-state index is 13.5. The summed E-state index contributed by atoms with van der Waals surface area (Å²) in [4.78, 5) is 14.6. The number of aromatic hydroxyl groups is 1. The minimum absolute atomic E-state index is 0.0157. The van der Waals surface area contributed by atoms with Gasteiger partial charge in [0.05, 0.1) is 31.3 Å². The van der Waals surface area contributed by atoms with E-state index in [2.05, 4.69) is 4.18 Å². The Morgan fingerprint density at radius 3 is 2.23 bits per heavy atom. The quantitative estimate of drug-likeness (QED) is 0.146. The number of carbonyl (C=O) groups excluding carboxylic acids is 1. The summed E-state index contributed by atoms with van der Waals surface area (Å²) in [5.74, 6) is -1.66. The molecular weight excluding hydrogens is 536 g/mol.